The number of carbonyl (C=O) groups excluding carboxylic acids is 2. The first-order chi connectivity index (χ1) is 14.0. The summed E-state index contributed by atoms with van der Waals surface area (Å²) >= 11 is 6.09. The highest BCUT2D eigenvalue weighted by molar-refractivity contribution is 6.31. The molecule has 0 bridgehead atoms. The summed E-state index contributed by atoms with van der Waals surface area (Å²) in [4.78, 5) is 25.6. The number of rotatable bonds is 7. The lowest BCUT2D eigenvalue weighted by molar-refractivity contribution is -0.115. The third-order valence-corrected chi connectivity index (χ3v) is 4.61. The van der Waals surface area contributed by atoms with Crippen LogP contribution in [0.5, 0.6) is 11.5 Å². The molecule has 0 saturated heterocycles. The van der Waals surface area contributed by atoms with Crippen LogP contribution in [0.15, 0.2) is 66.7 Å². The van der Waals surface area contributed by atoms with Crippen molar-refractivity contribution in [1.29, 1.82) is 0 Å². The van der Waals surface area contributed by atoms with Crippen LogP contribution in [-0.2, 0) is 11.2 Å². The monoisotopic (exact) mass is 409 g/mol. The van der Waals surface area contributed by atoms with E-state index in [2.05, 4.69) is 5.32 Å². The number of nitrogens with one attached hydrogen (secondary N) is 1. The first-order valence-corrected chi connectivity index (χ1v) is 9.29. The van der Waals surface area contributed by atoms with E-state index in [4.69, 9.17) is 21.1 Å². The van der Waals surface area contributed by atoms with E-state index in [1.807, 2.05) is 6.07 Å². The molecule has 0 atom stereocenters. The van der Waals surface area contributed by atoms with E-state index in [9.17, 15) is 9.59 Å². The molecule has 1 N–H and O–H groups in total. The summed E-state index contributed by atoms with van der Waals surface area (Å²) in [6.07, 6.45) is 0.0575. The Labute approximate surface area is 174 Å². The lowest BCUT2D eigenvalue weighted by Gasteiger charge is -2.13. The Morgan fingerprint density at radius 2 is 1.69 bits per heavy atom. The van der Waals surface area contributed by atoms with Crippen molar-refractivity contribution in [2.75, 3.05) is 19.5 Å². The van der Waals surface area contributed by atoms with Gasteiger partial charge in [-0.25, -0.2) is 0 Å². The maximum atomic E-state index is 12.9. The molecule has 0 unspecified atom stereocenters. The maximum absolute atomic E-state index is 12.9. The van der Waals surface area contributed by atoms with Crippen LogP contribution in [0.3, 0.4) is 0 Å². The van der Waals surface area contributed by atoms with Gasteiger partial charge in [0.25, 0.3) is 0 Å². The quantitative estimate of drug-likeness (QED) is 0.571. The average molecular weight is 410 g/mol. The molecule has 0 aliphatic rings. The minimum absolute atomic E-state index is 0.0575. The van der Waals surface area contributed by atoms with E-state index in [-0.39, 0.29) is 18.1 Å². The summed E-state index contributed by atoms with van der Waals surface area (Å²) in [5.41, 5.74) is 1.92. The normalized spacial score (nSPS) is 10.3. The lowest BCUT2D eigenvalue weighted by Crippen LogP contribution is -2.17. The first kappa shape index (κ1) is 20.4. The zero-order valence-corrected chi connectivity index (χ0v) is 16.8. The molecule has 3 aromatic carbocycles. The minimum atomic E-state index is -0.291. The second-order valence-electron chi connectivity index (χ2n) is 6.29. The number of benzene rings is 3. The van der Waals surface area contributed by atoms with E-state index in [1.165, 1.54) is 0 Å². The molecule has 0 heterocycles. The van der Waals surface area contributed by atoms with Gasteiger partial charge in [0.1, 0.15) is 11.5 Å². The predicted octanol–water partition coefficient (Wildman–Crippen LogP) is 4.77. The average Bonchev–Trinajstić information content (AvgIpc) is 2.75. The van der Waals surface area contributed by atoms with Crippen molar-refractivity contribution in [2.45, 2.75) is 6.42 Å². The van der Waals surface area contributed by atoms with Gasteiger partial charge >= 0.3 is 0 Å². The third kappa shape index (κ3) is 4.95. The topological polar surface area (TPSA) is 64.6 Å². The molecule has 6 heteroatoms. The van der Waals surface area contributed by atoms with Crippen LogP contribution in [0, 0.1) is 0 Å². The van der Waals surface area contributed by atoms with E-state index in [1.54, 1.807) is 74.9 Å². The van der Waals surface area contributed by atoms with Crippen molar-refractivity contribution in [2.24, 2.45) is 0 Å². The summed E-state index contributed by atoms with van der Waals surface area (Å²) in [6, 6.07) is 18.9. The van der Waals surface area contributed by atoms with Crippen LogP contribution < -0.4 is 14.8 Å². The van der Waals surface area contributed by atoms with Crippen LogP contribution >= 0.6 is 11.6 Å². The molecule has 3 rings (SSSR count). The summed E-state index contributed by atoms with van der Waals surface area (Å²) in [7, 11) is 3.10. The van der Waals surface area contributed by atoms with Crippen LogP contribution in [0.4, 0.5) is 5.69 Å². The van der Waals surface area contributed by atoms with Gasteiger partial charge in [-0.3, -0.25) is 9.59 Å². The van der Waals surface area contributed by atoms with E-state index >= 15 is 0 Å². The van der Waals surface area contributed by atoms with E-state index in [0.29, 0.717) is 38.9 Å². The Morgan fingerprint density at radius 1 is 0.931 bits per heavy atom. The molecule has 0 aromatic heterocycles. The fraction of sp³-hybridized carbons (Fsp3) is 0.130. The minimum Gasteiger partial charge on any atom is -0.497 e. The van der Waals surface area contributed by atoms with Gasteiger partial charge in [0, 0.05) is 21.7 Å². The van der Waals surface area contributed by atoms with Crippen molar-refractivity contribution < 1.29 is 19.1 Å². The zero-order valence-electron chi connectivity index (χ0n) is 16.1. The molecule has 3 aromatic rings. The van der Waals surface area contributed by atoms with E-state index < -0.39 is 0 Å². The fourth-order valence-corrected chi connectivity index (χ4v) is 3.12. The highest BCUT2D eigenvalue weighted by atomic mass is 35.5. The maximum Gasteiger partial charge on any atom is 0.228 e. The largest absolute Gasteiger partial charge is 0.497 e. The number of amides is 1. The SMILES string of the molecule is COc1ccc(OC)c(CC(=O)Nc2ccc(Cl)cc2C(=O)c2ccccc2)c1. The number of halogens is 1. The molecular weight excluding hydrogens is 390 g/mol. The van der Waals surface area contributed by atoms with Crippen molar-refractivity contribution in [1.82, 2.24) is 0 Å². The summed E-state index contributed by atoms with van der Waals surface area (Å²) in [5, 5.41) is 3.22. The van der Waals surface area contributed by atoms with Gasteiger partial charge in [-0.2, -0.15) is 0 Å². The zero-order chi connectivity index (χ0) is 20.8. The number of ketones is 1. The second kappa shape index (κ2) is 9.26. The Kier molecular flexibility index (Phi) is 6.52. The van der Waals surface area contributed by atoms with Gasteiger partial charge in [0.2, 0.25) is 5.91 Å². The van der Waals surface area contributed by atoms with E-state index in [0.717, 1.165) is 0 Å². The fourth-order valence-electron chi connectivity index (χ4n) is 2.95. The highest BCUT2D eigenvalue weighted by Crippen LogP contribution is 2.26. The number of methoxy groups -OCH3 is 2. The molecule has 0 saturated carbocycles. The molecule has 148 valence electrons. The van der Waals surface area contributed by atoms with Crippen molar-refractivity contribution in [3.05, 3.63) is 88.4 Å². The molecule has 29 heavy (non-hydrogen) atoms. The molecule has 5 nitrogen and oxygen atoms in total. The van der Waals surface area contributed by atoms with Crippen LogP contribution in [0.1, 0.15) is 21.5 Å². The molecule has 0 radical (unpaired) electrons. The van der Waals surface area contributed by atoms with Crippen molar-refractivity contribution in [3.63, 3.8) is 0 Å². The Balaban J connectivity index is 1.85. The molecule has 1 amide bonds. The summed E-state index contributed by atoms with van der Waals surface area (Å²) in [6.45, 7) is 0. The van der Waals surface area contributed by atoms with Gasteiger partial charge in [0.05, 0.1) is 26.3 Å². The molecular formula is C23H20ClNO4. The molecule has 0 aliphatic heterocycles. The Bertz CT molecular complexity index is 1030. The Morgan fingerprint density at radius 3 is 2.38 bits per heavy atom. The number of carbonyl (C=O) groups is 2. The highest BCUT2D eigenvalue weighted by Gasteiger charge is 2.17. The van der Waals surface area contributed by atoms with Crippen molar-refractivity contribution in [3.8, 4) is 11.5 Å². The first-order valence-electron chi connectivity index (χ1n) is 8.92. The van der Waals surface area contributed by atoms with Gasteiger partial charge in [0.15, 0.2) is 5.78 Å². The van der Waals surface area contributed by atoms with Gasteiger partial charge in [-0.1, -0.05) is 41.9 Å². The number of hydrogen-bond acceptors (Lipinski definition) is 4. The summed E-state index contributed by atoms with van der Waals surface area (Å²) < 4.78 is 10.5. The Hall–Kier alpha value is -3.31. The second-order valence-corrected chi connectivity index (χ2v) is 6.72. The number of hydrogen-bond donors (Lipinski definition) is 1. The number of ether oxygens (including phenoxy) is 2. The standard InChI is InChI=1S/C23H20ClNO4/c1-28-18-9-11-21(29-2)16(12-18)13-22(26)25-20-10-8-17(24)14-19(20)23(27)15-6-4-3-5-7-15/h3-12,14H,13H2,1-2H3,(H,25,26). The van der Waals surface area contributed by atoms with Crippen molar-refractivity contribution >= 4 is 29.0 Å². The van der Waals surface area contributed by atoms with Gasteiger partial charge in [-0.05, 0) is 36.4 Å². The molecule has 0 aliphatic carbocycles. The molecule has 0 fully saturated rings. The summed E-state index contributed by atoms with van der Waals surface area (Å²) in [5.74, 6) is 0.695. The molecule has 0 spiro atoms. The lowest BCUT2D eigenvalue weighted by atomic mass is 10.0. The van der Waals surface area contributed by atoms with Crippen LogP contribution in [-0.4, -0.2) is 25.9 Å². The van der Waals surface area contributed by atoms with Gasteiger partial charge < -0.3 is 14.8 Å². The van der Waals surface area contributed by atoms with Crippen LogP contribution in [0.25, 0.3) is 0 Å². The smallest absolute Gasteiger partial charge is 0.228 e. The van der Waals surface area contributed by atoms with Gasteiger partial charge in [-0.15, -0.1) is 0 Å². The third-order valence-electron chi connectivity index (χ3n) is 4.37. The predicted molar refractivity (Wildman–Crippen MR) is 113 cm³/mol. The van der Waals surface area contributed by atoms with Crippen LogP contribution in [0.2, 0.25) is 5.02 Å². The number of anilines is 1.